The molecule has 1 aliphatic rings. The van der Waals surface area contributed by atoms with Crippen LogP contribution in [0.15, 0.2) is 22.5 Å². The second kappa shape index (κ2) is 5.28. The summed E-state index contributed by atoms with van der Waals surface area (Å²) in [6.07, 6.45) is 1.20. The molecule has 3 N–H and O–H groups in total. The summed E-state index contributed by atoms with van der Waals surface area (Å²) in [5.74, 6) is 1.49. The third kappa shape index (κ3) is 3.23. The van der Waals surface area contributed by atoms with E-state index < -0.39 is 5.60 Å². The van der Waals surface area contributed by atoms with Gasteiger partial charge in [-0.25, -0.2) is 0 Å². The average Bonchev–Trinajstić information content (AvgIpc) is 2.85. The lowest BCUT2D eigenvalue weighted by molar-refractivity contribution is 0.0655. The summed E-state index contributed by atoms with van der Waals surface area (Å²) in [6.45, 7) is 4.49. The van der Waals surface area contributed by atoms with Gasteiger partial charge in [0.15, 0.2) is 5.96 Å². The summed E-state index contributed by atoms with van der Waals surface area (Å²) in [5.41, 5.74) is -0.860. The second-order valence-corrected chi connectivity index (χ2v) is 6.09. The summed E-state index contributed by atoms with van der Waals surface area (Å²) in [5, 5.41) is 18.9. The third-order valence-electron chi connectivity index (χ3n) is 3.31. The zero-order valence-corrected chi connectivity index (χ0v) is 11.9. The number of thiophene rings is 1. The molecule has 1 aliphatic carbocycles. The Morgan fingerprint density at radius 1 is 1.67 bits per heavy atom. The number of aliphatic imine (C=N–C) groups is 1. The van der Waals surface area contributed by atoms with Crippen molar-refractivity contribution >= 4 is 17.3 Å². The van der Waals surface area contributed by atoms with Crippen LogP contribution in [0.2, 0.25) is 0 Å². The van der Waals surface area contributed by atoms with E-state index in [0.717, 1.165) is 16.8 Å². The molecule has 0 aliphatic heterocycles. The number of guanidine groups is 1. The van der Waals surface area contributed by atoms with Gasteiger partial charge in [-0.05, 0) is 30.7 Å². The summed E-state index contributed by atoms with van der Waals surface area (Å²) >= 11 is 1.57. The highest BCUT2D eigenvalue weighted by Gasteiger charge is 2.33. The topological polar surface area (TPSA) is 56.7 Å². The van der Waals surface area contributed by atoms with E-state index >= 15 is 0 Å². The van der Waals surface area contributed by atoms with Crippen LogP contribution in [0, 0.1) is 5.92 Å². The van der Waals surface area contributed by atoms with Crippen LogP contribution in [0.5, 0.6) is 0 Å². The second-order valence-electron chi connectivity index (χ2n) is 5.14. The van der Waals surface area contributed by atoms with E-state index in [2.05, 4.69) is 22.5 Å². The molecule has 1 heterocycles. The van der Waals surface area contributed by atoms with Crippen LogP contribution in [0.3, 0.4) is 0 Å². The Bertz CT molecular complexity index is 414. The molecule has 2 rings (SSSR count). The molecule has 0 bridgehead atoms. The Kier molecular flexibility index (Phi) is 3.92. The van der Waals surface area contributed by atoms with Crippen molar-refractivity contribution in [1.29, 1.82) is 0 Å². The van der Waals surface area contributed by atoms with Crippen LogP contribution in [0.25, 0.3) is 0 Å². The standard InChI is InChI=1S/C13H21N3OS/c1-9-7-10(9)16-12(14-3)15-8-13(2,17)11-5-4-6-18-11/h4-6,9-10,17H,7-8H2,1-3H3,(H2,14,15,16). The number of nitrogens with zero attached hydrogens (tertiary/aromatic N) is 1. The number of hydrogen-bond acceptors (Lipinski definition) is 3. The molecule has 18 heavy (non-hydrogen) atoms. The Morgan fingerprint density at radius 3 is 2.89 bits per heavy atom. The van der Waals surface area contributed by atoms with E-state index in [9.17, 15) is 5.11 Å². The molecular formula is C13H21N3OS. The fourth-order valence-corrected chi connectivity index (χ4v) is 2.61. The number of rotatable bonds is 4. The molecule has 1 saturated carbocycles. The van der Waals surface area contributed by atoms with Gasteiger partial charge in [0.2, 0.25) is 0 Å². The van der Waals surface area contributed by atoms with Gasteiger partial charge in [-0.3, -0.25) is 4.99 Å². The molecule has 0 spiro atoms. The van der Waals surface area contributed by atoms with Gasteiger partial charge in [0.1, 0.15) is 5.60 Å². The number of hydrogen-bond donors (Lipinski definition) is 3. The van der Waals surface area contributed by atoms with Gasteiger partial charge in [0, 0.05) is 18.0 Å². The monoisotopic (exact) mass is 267 g/mol. The van der Waals surface area contributed by atoms with Gasteiger partial charge in [0.25, 0.3) is 0 Å². The minimum absolute atomic E-state index is 0.453. The maximum atomic E-state index is 10.4. The highest BCUT2D eigenvalue weighted by Crippen LogP contribution is 2.29. The van der Waals surface area contributed by atoms with Crippen molar-refractivity contribution in [3.63, 3.8) is 0 Å². The maximum absolute atomic E-state index is 10.4. The molecule has 0 aromatic carbocycles. The molecule has 3 unspecified atom stereocenters. The summed E-state index contributed by atoms with van der Waals surface area (Å²) in [4.78, 5) is 5.14. The van der Waals surface area contributed by atoms with Crippen LogP contribution >= 0.6 is 11.3 Å². The van der Waals surface area contributed by atoms with E-state index in [0.29, 0.717) is 12.6 Å². The zero-order valence-electron chi connectivity index (χ0n) is 11.1. The normalized spacial score (nSPS) is 26.6. The molecular weight excluding hydrogens is 246 g/mol. The van der Waals surface area contributed by atoms with Crippen LogP contribution in [-0.2, 0) is 5.60 Å². The zero-order chi connectivity index (χ0) is 13.2. The largest absolute Gasteiger partial charge is 0.383 e. The number of aliphatic hydroxyl groups is 1. The van der Waals surface area contributed by atoms with Crippen molar-refractivity contribution in [3.8, 4) is 0 Å². The first-order chi connectivity index (χ1) is 8.53. The predicted octanol–water partition coefficient (Wildman–Crippen LogP) is 1.53. The Labute approximate surface area is 112 Å². The van der Waals surface area contributed by atoms with Crippen LogP contribution in [0.1, 0.15) is 25.1 Å². The maximum Gasteiger partial charge on any atom is 0.191 e. The minimum Gasteiger partial charge on any atom is -0.383 e. The van der Waals surface area contributed by atoms with Crippen LogP contribution < -0.4 is 10.6 Å². The van der Waals surface area contributed by atoms with Gasteiger partial charge in [-0.1, -0.05) is 13.0 Å². The summed E-state index contributed by atoms with van der Waals surface area (Å²) in [7, 11) is 1.75. The fraction of sp³-hybridized carbons (Fsp3) is 0.615. The van der Waals surface area contributed by atoms with Gasteiger partial charge in [-0.2, -0.15) is 0 Å². The molecule has 1 aromatic rings. The Hall–Kier alpha value is -1.07. The molecule has 0 amide bonds. The smallest absolute Gasteiger partial charge is 0.191 e. The van der Waals surface area contributed by atoms with E-state index in [-0.39, 0.29) is 0 Å². The Morgan fingerprint density at radius 2 is 2.39 bits per heavy atom. The molecule has 5 heteroatoms. The minimum atomic E-state index is -0.860. The van der Waals surface area contributed by atoms with Crippen molar-refractivity contribution in [2.45, 2.75) is 31.9 Å². The third-order valence-corrected chi connectivity index (χ3v) is 4.43. The van der Waals surface area contributed by atoms with Crippen molar-refractivity contribution in [1.82, 2.24) is 10.6 Å². The lowest BCUT2D eigenvalue weighted by atomic mass is 10.1. The molecule has 1 aromatic heterocycles. The Balaban J connectivity index is 1.86. The highest BCUT2D eigenvalue weighted by molar-refractivity contribution is 7.10. The lowest BCUT2D eigenvalue weighted by Gasteiger charge is -2.23. The first-order valence-corrected chi connectivity index (χ1v) is 7.14. The molecule has 3 atom stereocenters. The van der Waals surface area contributed by atoms with Crippen molar-refractivity contribution < 1.29 is 5.11 Å². The van der Waals surface area contributed by atoms with E-state index in [4.69, 9.17) is 0 Å². The first-order valence-electron chi connectivity index (χ1n) is 6.26. The van der Waals surface area contributed by atoms with Gasteiger partial charge < -0.3 is 15.7 Å². The average molecular weight is 267 g/mol. The fourth-order valence-electron chi connectivity index (χ4n) is 1.82. The van der Waals surface area contributed by atoms with Gasteiger partial charge in [-0.15, -0.1) is 11.3 Å². The van der Waals surface area contributed by atoms with Crippen molar-refractivity contribution in [2.24, 2.45) is 10.9 Å². The molecule has 0 radical (unpaired) electrons. The molecule has 100 valence electrons. The summed E-state index contributed by atoms with van der Waals surface area (Å²) < 4.78 is 0. The lowest BCUT2D eigenvalue weighted by Crippen LogP contribution is -2.45. The van der Waals surface area contributed by atoms with Crippen LogP contribution in [-0.4, -0.2) is 30.7 Å². The van der Waals surface area contributed by atoms with E-state index in [1.165, 1.54) is 6.42 Å². The molecule has 1 fully saturated rings. The van der Waals surface area contributed by atoms with Gasteiger partial charge >= 0.3 is 0 Å². The first kappa shape index (κ1) is 13.4. The molecule has 0 saturated heterocycles. The van der Waals surface area contributed by atoms with Crippen molar-refractivity contribution in [3.05, 3.63) is 22.4 Å². The van der Waals surface area contributed by atoms with E-state index in [1.54, 1.807) is 18.4 Å². The van der Waals surface area contributed by atoms with E-state index in [1.807, 2.05) is 24.4 Å². The SMILES string of the molecule is CN=C(NCC(C)(O)c1cccs1)NC1CC1C. The van der Waals surface area contributed by atoms with Gasteiger partial charge in [0.05, 0.1) is 6.54 Å². The van der Waals surface area contributed by atoms with Crippen molar-refractivity contribution in [2.75, 3.05) is 13.6 Å². The summed E-state index contributed by atoms with van der Waals surface area (Å²) in [6, 6.07) is 4.43. The quantitative estimate of drug-likeness (QED) is 0.573. The number of nitrogens with one attached hydrogen (secondary N) is 2. The van der Waals surface area contributed by atoms with Crippen LogP contribution in [0.4, 0.5) is 0 Å². The highest BCUT2D eigenvalue weighted by atomic mass is 32.1. The molecule has 4 nitrogen and oxygen atoms in total. The predicted molar refractivity (Wildman–Crippen MR) is 76.0 cm³/mol.